The second-order valence-electron chi connectivity index (χ2n) is 30.6. The Labute approximate surface area is 756 Å². The van der Waals surface area contributed by atoms with Gasteiger partial charge in [-0.15, -0.1) is 0 Å². The van der Waals surface area contributed by atoms with Gasteiger partial charge in [-0.25, -0.2) is 0 Å². The van der Waals surface area contributed by atoms with Crippen LogP contribution >= 0.6 is 107 Å². The van der Waals surface area contributed by atoms with Crippen LogP contribution in [0, 0.1) is 6.92 Å². The van der Waals surface area contributed by atoms with E-state index >= 15 is 0 Å². The van der Waals surface area contributed by atoms with E-state index in [2.05, 4.69) is 82.3 Å². The van der Waals surface area contributed by atoms with Gasteiger partial charge in [0, 0.05) is 118 Å². The van der Waals surface area contributed by atoms with Crippen LogP contribution < -0.4 is 26.6 Å². The molecule has 27 heteroatoms. The lowest BCUT2D eigenvalue weighted by Crippen LogP contribution is -2.40. The largest absolute Gasteiger partial charge is 0.508 e. The monoisotopic (exact) mass is 1800 g/mol. The lowest BCUT2D eigenvalue weighted by molar-refractivity contribution is 0.397. The second-order valence-corrected chi connectivity index (χ2v) is 34.3. The first-order valence-electron chi connectivity index (χ1n) is 40.7. The summed E-state index contributed by atoms with van der Waals surface area (Å²) in [6.45, 7) is 13.6. The molecule has 0 amide bonds. The first-order chi connectivity index (χ1) is 58.3. The molecule has 0 aromatic heterocycles. The van der Waals surface area contributed by atoms with E-state index in [1.54, 1.807) is 48.5 Å². The maximum atomic E-state index is 9.76. The molecule has 636 valence electrons. The van der Waals surface area contributed by atoms with E-state index in [0.29, 0.717) is 64.5 Å². The van der Waals surface area contributed by atoms with Crippen LogP contribution in [-0.2, 0) is 97.2 Å². The summed E-state index contributed by atoms with van der Waals surface area (Å²) >= 11 is 51.4. The number of aromatic hydroxyl groups is 8. The predicted molar refractivity (Wildman–Crippen MR) is 508 cm³/mol. The number of hydrogen-bond acceptors (Lipinski definition) is 13. The van der Waals surface area contributed by atoms with Crippen LogP contribution in [0.2, 0.25) is 20.1 Å². The van der Waals surface area contributed by atoms with Crippen LogP contribution in [0.3, 0.4) is 0 Å². The molecular formula is C94H104Cl4N10O8S5. The Balaban J connectivity index is 0.000000148. The molecule has 5 heterocycles. The third-order valence-electron chi connectivity index (χ3n) is 21.6. The fourth-order valence-electron chi connectivity index (χ4n) is 14.9. The van der Waals surface area contributed by atoms with Crippen molar-refractivity contribution in [3.8, 4) is 46.0 Å². The number of benzene rings is 10. The van der Waals surface area contributed by atoms with Gasteiger partial charge >= 0.3 is 0 Å². The maximum absolute atomic E-state index is 9.76. The predicted octanol–water partition coefficient (Wildman–Crippen LogP) is 18.2. The van der Waals surface area contributed by atoms with Crippen molar-refractivity contribution in [3.63, 3.8) is 0 Å². The summed E-state index contributed by atoms with van der Waals surface area (Å²) in [4.78, 5) is 10.7. The number of aryl methyl sites for hydroxylation is 6. The summed E-state index contributed by atoms with van der Waals surface area (Å²) in [6, 6.07) is 60.8. The van der Waals surface area contributed by atoms with Crippen LogP contribution in [0.25, 0.3) is 0 Å². The van der Waals surface area contributed by atoms with E-state index in [-0.39, 0.29) is 34.5 Å². The highest BCUT2D eigenvalue weighted by Gasteiger charge is 2.24. The molecule has 0 fully saturated rings. The molecule has 10 aromatic rings. The summed E-state index contributed by atoms with van der Waals surface area (Å²) in [7, 11) is 0. The number of nitrogens with one attached hydrogen (secondary N) is 5. The Bertz CT molecular complexity index is 5200. The van der Waals surface area contributed by atoms with E-state index < -0.39 is 0 Å². The molecule has 0 aliphatic carbocycles. The summed E-state index contributed by atoms with van der Waals surface area (Å²) in [5.41, 5.74) is 18.4. The molecule has 0 saturated heterocycles. The quantitative estimate of drug-likeness (QED) is 0.0379. The zero-order valence-corrected chi connectivity index (χ0v) is 74.7. The molecule has 0 atom stereocenters. The number of phenolic OH excluding ortho intramolecular Hbond substituents is 8. The number of thiocarbonyl (C=S) groups is 5. The highest BCUT2D eigenvalue weighted by Crippen LogP contribution is 2.35. The fraction of sp³-hybridized carbons (Fsp3) is 0.309. The van der Waals surface area contributed by atoms with E-state index in [4.69, 9.17) is 107 Å². The Morgan fingerprint density at radius 3 is 0.926 bits per heavy atom. The van der Waals surface area contributed by atoms with Crippen molar-refractivity contribution >= 4 is 133 Å². The van der Waals surface area contributed by atoms with Crippen LogP contribution in [-0.4, -0.2) is 143 Å². The van der Waals surface area contributed by atoms with Gasteiger partial charge < -0.3 is 91.9 Å². The fourth-order valence-corrected chi connectivity index (χ4v) is 16.7. The van der Waals surface area contributed by atoms with Crippen LogP contribution in [0.5, 0.6) is 46.0 Å². The molecule has 0 bridgehead atoms. The Morgan fingerprint density at radius 1 is 0.281 bits per heavy atom. The molecule has 0 spiro atoms. The van der Waals surface area contributed by atoms with Gasteiger partial charge in [-0.1, -0.05) is 137 Å². The number of halogens is 4. The van der Waals surface area contributed by atoms with Crippen LogP contribution in [0.1, 0.15) is 121 Å². The van der Waals surface area contributed by atoms with E-state index in [1.165, 1.54) is 38.9 Å². The van der Waals surface area contributed by atoms with E-state index in [1.807, 2.05) is 121 Å². The molecule has 0 radical (unpaired) electrons. The number of phenols is 8. The van der Waals surface area contributed by atoms with Crippen molar-refractivity contribution < 1.29 is 40.9 Å². The SMILES string of the molecule is Cc1ccc(CCNC(=S)N2CCCc3cc(O)c(O)cc3C2)cc1.Oc1cc2c(cc1O)CN(C(=S)NCc1ccc(Cl)cc1)CCC2.Oc1cc2c(cc1O)CN(C(=S)NCc1cccc(Cl)c1)CCC2.Oc1ccc2c(c1)CCCN(C(=S)NCCc1ccc(Cl)cc1)C2.Oc1ccc2c(c1)CN(C(=S)NCCc1ccc(Cl)cc1)CCC2. The topological polar surface area (TPSA) is 238 Å². The molecule has 15 rings (SSSR count). The van der Waals surface area contributed by atoms with Gasteiger partial charge in [0.05, 0.1) is 0 Å². The summed E-state index contributed by atoms with van der Waals surface area (Å²) in [5, 5.41) is 101. The van der Waals surface area contributed by atoms with Gasteiger partial charge in [0.25, 0.3) is 0 Å². The van der Waals surface area contributed by atoms with Crippen LogP contribution in [0.4, 0.5) is 0 Å². The number of rotatable bonds is 13. The zero-order chi connectivity index (χ0) is 85.9. The number of nitrogens with zero attached hydrogens (tertiary/aromatic N) is 5. The first-order valence-corrected chi connectivity index (χ1v) is 44.3. The highest BCUT2D eigenvalue weighted by atomic mass is 35.5. The number of hydrogen-bond donors (Lipinski definition) is 13. The van der Waals surface area contributed by atoms with E-state index in [0.717, 1.165) is 224 Å². The smallest absolute Gasteiger partial charge is 0.169 e. The zero-order valence-electron chi connectivity index (χ0n) is 67.6. The lowest BCUT2D eigenvalue weighted by atomic mass is 10.0. The lowest BCUT2D eigenvalue weighted by Gasteiger charge is -2.24. The average molecular weight is 1800 g/mol. The molecule has 5 aliphatic rings. The Kier molecular flexibility index (Phi) is 34.9. The first kappa shape index (κ1) is 91.9. The summed E-state index contributed by atoms with van der Waals surface area (Å²) < 4.78 is 0. The minimum atomic E-state index is -0.0894. The van der Waals surface area contributed by atoms with Crippen molar-refractivity contribution in [3.05, 3.63) is 303 Å². The number of fused-ring (bicyclic) bond motifs is 5. The molecule has 0 saturated carbocycles. The third-order valence-corrected chi connectivity index (χ3v) is 24.6. The molecule has 0 unspecified atom stereocenters. The Morgan fingerprint density at radius 2 is 0.562 bits per heavy atom. The van der Waals surface area contributed by atoms with E-state index in [9.17, 15) is 40.9 Å². The van der Waals surface area contributed by atoms with Gasteiger partial charge in [0.2, 0.25) is 0 Å². The maximum Gasteiger partial charge on any atom is 0.169 e. The summed E-state index contributed by atoms with van der Waals surface area (Å²) in [5.74, 6) is 0.228. The Hall–Kier alpha value is -9.79. The minimum absolute atomic E-state index is 0.0500. The molecule has 18 nitrogen and oxygen atoms in total. The van der Waals surface area contributed by atoms with Gasteiger partial charge in [0.15, 0.2) is 60.1 Å². The normalized spacial score (nSPS) is 13.9. The molecular weight excluding hydrogens is 1700 g/mol. The van der Waals surface area contributed by atoms with Crippen molar-refractivity contribution in [1.29, 1.82) is 0 Å². The summed E-state index contributed by atoms with van der Waals surface area (Å²) in [6.07, 6.45) is 12.3. The second kappa shape index (κ2) is 45.9. The van der Waals surface area contributed by atoms with Gasteiger partial charge in [0.1, 0.15) is 11.5 Å². The molecule has 121 heavy (non-hydrogen) atoms. The van der Waals surface area contributed by atoms with Gasteiger partial charge in [-0.3, -0.25) is 0 Å². The van der Waals surface area contributed by atoms with Crippen molar-refractivity contribution in [2.45, 2.75) is 136 Å². The molecule has 13 N–H and O–H groups in total. The third kappa shape index (κ3) is 28.7. The van der Waals surface area contributed by atoms with Crippen molar-refractivity contribution in [2.75, 3.05) is 52.4 Å². The highest BCUT2D eigenvalue weighted by molar-refractivity contribution is 7.81. The van der Waals surface area contributed by atoms with Gasteiger partial charge in [-0.2, -0.15) is 0 Å². The van der Waals surface area contributed by atoms with Gasteiger partial charge in [-0.05, 0) is 344 Å². The van der Waals surface area contributed by atoms with Crippen molar-refractivity contribution in [2.24, 2.45) is 0 Å². The molecule has 5 aliphatic heterocycles. The minimum Gasteiger partial charge on any atom is -0.508 e. The molecule has 10 aromatic carbocycles. The van der Waals surface area contributed by atoms with Crippen molar-refractivity contribution in [1.82, 2.24) is 51.1 Å². The standard InChI is InChI=1S/C20H24N2O2S.2C19H21ClN2OS.2C18H19ClN2O2S/c1-14-4-6-15(7-5-14)8-9-21-20(25)22-10-2-3-16-11-18(23)19(24)12-17(16)13-22;20-17-6-3-14(4-7-17)9-10-21-19(24)22-11-1-2-15-12-18(23)8-5-16(15)13-22;20-17-6-3-14(4-7-17)9-10-21-19(24)22-11-1-2-15-5-8-18(23)12-16(15)13-22;19-15-5-1-3-12(7-15)10-20-18(24)21-6-2-4-13-8-16(22)17(23)9-14(13)11-21;19-15-5-3-12(4-6-15)10-20-18(24)21-7-1-2-13-8-16(22)17(23)9-14(13)11-21/h4-7,11-12,23-24H,2-3,8-10,13H2,1H3,(H,21,25);2*3-8,12,23H,1-2,9-11,13H2,(H,21,24);1,3,5,7-9,22-23H,2,4,6,10-11H2,(H,20,24);3-6,8-9,22-23H,1-2,7,10-11H2,(H,20,24). The van der Waals surface area contributed by atoms with Crippen LogP contribution in [0.15, 0.2) is 194 Å². The average Bonchev–Trinajstić information content (AvgIpc) is 1.81.